The van der Waals surface area contributed by atoms with E-state index in [-0.39, 0.29) is 17.9 Å². The zero-order valence-electron chi connectivity index (χ0n) is 14.1. The van der Waals surface area contributed by atoms with E-state index >= 15 is 0 Å². The van der Waals surface area contributed by atoms with Gasteiger partial charge in [0.05, 0.1) is 13.0 Å². The molecule has 6 nitrogen and oxygen atoms in total. The maximum Gasteiger partial charge on any atom is 0.269 e. The predicted molar refractivity (Wildman–Crippen MR) is 93.4 cm³/mol. The molecule has 1 unspecified atom stereocenters. The number of nitrogens with zero attached hydrogens (tertiary/aromatic N) is 2. The van der Waals surface area contributed by atoms with Gasteiger partial charge in [-0.15, -0.1) is 0 Å². The van der Waals surface area contributed by atoms with Crippen LogP contribution in [0.5, 0.6) is 5.75 Å². The van der Waals surface area contributed by atoms with Crippen molar-refractivity contribution in [2.45, 2.75) is 18.9 Å². The Balaban J connectivity index is 1.56. The second-order valence-electron chi connectivity index (χ2n) is 5.99. The lowest BCUT2D eigenvalue weighted by atomic mass is 10.1. The lowest BCUT2D eigenvalue weighted by Crippen LogP contribution is -2.32. The van der Waals surface area contributed by atoms with Crippen LogP contribution in [0.2, 0.25) is 0 Å². The van der Waals surface area contributed by atoms with Gasteiger partial charge in [-0.1, -0.05) is 30.3 Å². The summed E-state index contributed by atoms with van der Waals surface area (Å²) in [6.07, 6.45) is 2.66. The monoisotopic (exact) mass is 339 g/mol. The first-order valence-electron chi connectivity index (χ1n) is 8.32. The standard InChI is InChI=1S/C19H21N3O3/c1-20-19(24)17-12-15(7-9-21-17)25-16-8-10-22(13-16)18(23)11-14-5-3-2-4-6-14/h2-7,9,12,16H,8,10-11,13H2,1H3,(H,20,24). The predicted octanol–water partition coefficient (Wildman–Crippen LogP) is 1.66. The van der Waals surface area contributed by atoms with Crippen LogP contribution in [0.1, 0.15) is 22.5 Å². The number of amides is 2. The van der Waals surface area contributed by atoms with Crippen LogP contribution in [0, 0.1) is 0 Å². The Bertz CT molecular complexity index is 749. The SMILES string of the molecule is CNC(=O)c1cc(OC2CCN(C(=O)Cc3ccccc3)C2)ccn1. The number of rotatable bonds is 5. The van der Waals surface area contributed by atoms with E-state index in [2.05, 4.69) is 10.3 Å². The molecule has 0 aliphatic carbocycles. The van der Waals surface area contributed by atoms with Crippen molar-refractivity contribution in [3.8, 4) is 5.75 Å². The number of carbonyl (C=O) groups is 2. The number of hydrogen-bond acceptors (Lipinski definition) is 4. The molecule has 2 amide bonds. The van der Waals surface area contributed by atoms with Gasteiger partial charge in [0.2, 0.25) is 5.91 Å². The smallest absolute Gasteiger partial charge is 0.269 e. The molecule has 1 atom stereocenters. The summed E-state index contributed by atoms with van der Waals surface area (Å²) in [5.41, 5.74) is 1.33. The third kappa shape index (κ3) is 4.35. The number of benzene rings is 1. The van der Waals surface area contributed by atoms with Gasteiger partial charge in [-0.2, -0.15) is 0 Å². The van der Waals surface area contributed by atoms with Crippen LogP contribution >= 0.6 is 0 Å². The Hall–Kier alpha value is -2.89. The first kappa shape index (κ1) is 17.0. The zero-order chi connectivity index (χ0) is 17.6. The molecule has 2 aromatic rings. The van der Waals surface area contributed by atoms with Gasteiger partial charge in [0.1, 0.15) is 17.5 Å². The summed E-state index contributed by atoms with van der Waals surface area (Å²) in [4.78, 5) is 29.9. The number of carbonyl (C=O) groups excluding carboxylic acids is 2. The number of ether oxygens (including phenoxy) is 1. The van der Waals surface area contributed by atoms with Gasteiger partial charge < -0.3 is 15.0 Å². The summed E-state index contributed by atoms with van der Waals surface area (Å²) in [5.74, 6) is 0.450. The molecule has 0 bridgehead atoms. The topological polar surface area (TPSA) is 71.5 Å². The average molecular weight is 339 g/mol. The molecule has 2 heterocycles. The van der Waals surface area contributed by atoms with Crippen LogP contribution < -0.4 is 10.1 Å². The minimum Gasteiger partial charge on any atom is -0.488 e. The normalized spacial score (nSPS) is 16.5. The maximum atomic E-state index is 12.4. The average Bonchev–Trinajstić information content (AvgIpc) is 3.11. The Labute approximate surface area is 146 Å². The molecule has 1 N–H and O–H groups in total. The minimum atomic E-state index is -0.253. The lowest BCUT2D eigenvalue weighted by molar-refractivity contribution is -0.129. The van der Waals surface area contributed by atoms with E-state index in [0.717, 1.165) is 12.0 Å². The Morgan fingerprint density at radius 2 is 2.08 bits per heavy atom. The highest BCUT2D eigenvalue weighted by atomic mass is 16.5. The molecule has 1 aliphatic heterocycles. The summed E-state index contributed by atoms with van der Waals surface area (Å²) >= 11 is 0. The van der Waals surface area contributed by atoms with E-state index in [4.69, 9.17) is 4.74 Å². The molecule has 6 heteroatoms. The van der Waals surface area contributed by atoms with E-state index < -0.39 is 0 Å². The summed E-state index contributed by atoms with van der Waals surface area (Å²) in [7, 11) is 1.56. The van der Waals surface area contributed by atoms with Gasteiger partial charge in [-0.25, -0.2) is 0 Å². The molecule has 1 aromatic heterocycles. The van der Waals surface area contributed by atoms with Crippen molar-refractivity contribution in [2.75, 3.05) is 20.1 Å². The van der Waals surface area contributed by atoms with Crippen LogP contribution in [-0.4, -0.2) is 47.9 Å². The molecule has 0 spiro atoms. The number of hydrogen-bond donors (Lipinski definition) is 1. The summed E-state index contributed by atoms with van der Waals surface area (Å²) in [5, 5.41) is 2.54. The van der Waals surface area contributed by atoms with Crippen molar-refractivity contribution in [3.05, 3.63) is 59.9 Å². The summed E-state index contributed by atoms with van der Waals surface area (Å²) in [6, 6.07) is 13.1. The molecule has 3 rings (SSSR count). The van der Waals surface area contributed by atoms with Gasteiger partial charge >= 0.3 is 0 Å². The Kier molecular flexibility index (Phi) is 5.28. The van der Waals surface area contributed by atoms with Gasteiger partial charge in [0.15, 0.2) is 0 Å². The molecule has 25 heavy (non-hydrogen) atoms. The van der Waals surface area contributed by atoms with Crippen molar-refractivity contribution in [2.24, 2.45) is 0 Å². The van der Waals surface area contributed by atoms with Crippen LogP contribution in [0.15, 0.2) is 48.7 Å². The quantitative estimate of drug-likeness (QED) is 0.899. The zero-order valence-corrected chi connectivity index (χ0v) is 14.1. The molecular formula is C19H21N3O3. The maximum absolute atomic E-state index is 12.4. The van der Waals surface area contributed by atoms with E-state index in [0.29, 0.717) is 31.0 Å². The van der Waals surface area contributed by atoms with Crippen molar-refractivity contribution in [1.29, 1.82) is 0 Å². The largest absolute Gasteiger partial charge is 0.488 e. The van der Waals surface area contributed by atoms with Gasteiger partial charge in [-0.05, 0) is 11.6 Å². The molecular weight excluding hydrogens is 318 g/mol. The van der Waals surface area contributed by atoms with Crippen molar-refractivity contribution in [3.63, 3.8) is 0 Å². The highest BCUT2D eigenvalue weighted by molar-refractivity contribution is 5.92. The second-order valence-corrected chi connectivity index (χ2v) is 5.99. The van der Waals surface area contributed by atoms with Crippen LogP contribution in [0.3, 0.4) is 0 Å². The fraction of sp³-hybridized carbons (Fsp3) is 0.316. The first-order chi connectivity index (χ1) is 12.2. The second kappa shape index (κ2) is 7.79. The molecule has 0 radical (unpaired) electrons. The third-order valence-electron chi connectivity index (χ3n) is 4.19. The van der Waals surface area contributed by atoms with Gasteiger partial charge in [0, 0.05) is 32.3 Å². The van der Waals surface area contributed by atoms with E-state index in [1.807, 2.05) is 35.2 Å². The molecule has 1 aromatic carbocycles. The molecule has 130 valence electrons. The highest BCUT2D eigenvalue weighted by Crippen LogP contribution is 2.19. The molecule has 1 saturated heterocycles. The fourth-order valence-corrected chi connectivity index (χ4v) is 2.86. The van der Waals surface area contributed by atoms with E-state index in [1.54, 1.807) is 25.4 Å². The van der Waals surface area contributed by atoms with E-state index in [9.17, 15) is 9.59 Å². The van der Waals surface area contributed by atoms with Gasteiger partial charge in [0.25, 0.3) is 5.91 Å². The van der Waals surface area contributed by atoms with E-state index in [1.165, 1.54) is 0 Å². The van der Waals surface area contributed by atoms with Crippen LogP contribution in [0.25, 0.3) is 0 Å². The fourth-order valence-electron chi connectivity index (χ4n) is 2.86. The molecule has 1 fully saturated rings. The Morgan fingerprint density at radius 1 is 1.28 bits per heavy atom. The number of aromatic nitrogens is 1. The van der Waals surface area contributed by atoms with Crippen LogP contribution in [-0.2, 0) is 11.2 Å². The highest BCUT2D eigenvalue weighted by Gasteiger charge is 2.27. The first-order valence-corrected chi connectivity index (χ1v) is 8.32. The van der Waals surface area contributed by atoms with Crippen molar-refractivity contribution >= 4 is 11.8 Å². The third-order valence-corrected chi connectivity index (χ3v) is 4.19. The molecule has 1 aliphatic rings. The Morgan fingerprint density at radius 3 is 2.84 bits per heavy atom. The summed E-state index contributed by atoms with van der Waals surface area (Å²) in [6.45, 7) is 1.24. The summed E-state index contributed by atoms with van der Waals surface area (Å²) < 4.78 is 5.93. The van der Waals surface area contributed by atoms with Crippen molar-refractivity contribution in [1.82, 2.24) is 15.2 Å². The minimum absolute atomic E-state index is 0.0698. The number of pyridine rings is 1. The molecule has 0 saturated carbocycles. The van der Waals surface area contributed by atoms with Crippen molar-refractivity contribution < 1.29 is 14.3 Å². The van der Waals surface area contributed by atoms with Gasteiger partial charge in [-0.3, -0.25) is 14.6 Å². The lowest BCUT2D eigenvalue weighted by Gasteiger charge is -2.17. The number of nitrogens with one attached hydrogen (secondary N) is 1. The van der Waals surface area contributed by atoms with Crippen LogP contribution in [0.4, 0.5) is 0 Å². The number of likely N-dealkylation sites (tertiary alicyclic amines) is 1.